The lowest BCUT2D eigenvalue weighted by molar-refractivity contribution is 0.0737. The number of piperazine rings is 1. The average molecular weight is 493 g/mol. The summed E-state index contributed by atoms with van der Waals surface area (Å²) in [6.07, 6.45) is 10.7. The number of hydrogen-bond acceptors (Lipinski definition) is 3. The van der Waals surface area contributed by atoms with Gasteiger partial charge < -0.3 is 14.4 Å². The van der Waals surface area contributed by atoms with Gasteiger partial charge in [0.25, 0.3) is 5.91 Å². The highest BCUT2D eigenvalue weighted by atomic mass is 35.5. The number of carbonyl (C=O) groups excluding carboxylic acids is 1. The number of pyridine rings is 1. The monoisotopic (exact) mass is 492 g/mol. The molecule has 1 aliphatic rings. The van der Waals surface area contributed by atoms with Gasteiger partial charge in [-0.25, -0.2) is 4.98 Å². The number of carbonyl (C=O) groups is 1. The number of amides is 1. The van der Waals surface area contributed by atoms with Crippen LogP contribution in [0.1, 0.15) is 66.6 Å². The van der Waals surface area contributed by atoms with Crippen molar-refractivity contribution in [3.63, 3.8) is 0 Å². The first kappa shape index (κ1) is 25.3. The average Bonchev–Trinajstić information content (AvgIpc) is 3.26. The summed E-state index contributed by atoms with van der Waals surface area (Å²) in [5, 5.41) is 0.887. The first-order valence-electron chi connectivity index (χ1n) is 12.9. The molecule has 2 aromatic heterocycles. The zero-order valence-corrected chi connectivity index (χ0v) is 21.8. The fourth-order valence-electron chi connectivity index (χ4n) is 5.15. The fraction of sp³-hybridized carbons (Fsp3) is 0.448. The van der Waals surface area contributed by atoms with Crippen molar-refractivity contribution >= 4 is 23.3 Å². The van der Waals surface area contributed by atoms with Gasteiger partial charge in [0.2, 0.25) is 0 Å². The molecule has 1 saturated heterocycles. The van der Waals surface area contributed by atoms with Gasteiger partial charge in [-0.05, 0) is 67.0 Å². The summed E-state index contributed by atoms with van der Waals surface area (Å²) in [7, 11) is 1.98. The minimum absolute atomic E-state index is 0.126. The second kappa shape index (κ2) is 12.3. The number of halogens is 1. The van der Waals surface area contributed by atoms with E-state index >= 15 is 0 Å². The van der Waals surface area contributed by atoms with Crippen LogP contribution in [0.5, 0.6) is 0 Å². The second-order valence-electron chi connectivity index (χ2n) is 9.56. The van der Waals surface area contributed by atoms with Gasteiger partial charge in [-0.1, -0.05) is 55.6 Å². The summed E-state index contributed by atoms with van der Waals surface area (Å²) in [5.41, 5.74) is 3.31. The van der Waals surface area contributed by atoms with E-state index in [1.165, 1.54) is 17.5 Å². The molecule has 0 spiro atoms. The van der Waals surface area contributed by atoms with Gasteiger partial charge in [-0.15, -0.1) is 0 Å². The number of aromatic nitrogens is 2. The SMILES string of the molecule is CCCC(CCCCc1cc(C(=O)N2CCN(c3ccccn3)CC2)n(C)c1)c1ccccc1Cl. The summed E-state index contributed by atoms with van der Waals surface area (Å²) in [4.78, 5) is 21.9. The number of aryl methyl sites for hydroxylation is 2. The summed E-state index contributed by atoms with van der Waals surface area (Å²) in [6, 6.07) is 16.3. The summed E-state index contributed by atoms with van der Waals surface area (Å²) < 4.78 is 1.99. The van der Waals surface area contributed by atoms with E-state index in [1.54, 1.807) is 0 Å². The van der Waals surface area contributed by atoms with Crippen LogP contribution in [0, 0.1) is 0 Å². The molecule has 0 bridgehead atoms. The molecule has 0 radical (unpaired) electrons. The second-order valence-corrected chi connectivity index (χ2v) is 9.97. The van der Waals surface area contributed by atoms with Gasteiger partial charge in [0.1, 0.15) is 11.5 Å². The van der Waals surface area contributed by atoms with Crippen molar-refractivity contribution in [2.75, 3.05) is 31.1 Å². The maximum Gasteiger partial charge on any atom is 0.270 e. The van der Waals surface area contributed by atoms with E-state index in [-0.39, 0.29) is 5.91 Å². The molecule has 0 saturated carbocycles. The van der Waals surface area contributed by atoms with Crippen molar-refractivity contribution < 1.29 is 4.79 Å². The van der Waals surface area contributed by atoms with Crippen molar-refractivity contribution in [3.8, 4) is 0 Å². The molecule has 1 unspecified atom stereocenters. The highest BCUT2D eigenvalue weighted by Gasteiger charge is 2.24. The molecule has 1 atom stereocenters. The molecule has 1 aromatic carbocycles. The number of anilines is 1. The zero-order chi connectivity index (χ0) is 24.6. The molecule has 35 heavy (non-hydrogen) atoms. The van der Waals surface area contributed by atoms with Crippen LogP contribution in [0.25, 0.3) is 0 Å². The Morgan fingerprint density at radius 1 is 1.03 bits per heavy atom. The molecule has 3 aromatic rings. The maximum absolute atomic E-state index is 13.2. The first-order chi connectivity index (χ1) is 17.1. The minimum atomic E-state index is 0.126. The van der Waals surface area contributed by atoms with E-state index in [4.69, 9.17) is 11.6 Å². The predicted molar refractivity (Wildman–Crippen MR) is 144 cm³/mol. The fourth-order valence-corrected chi connectivity index (χ4v) is 5.44. The highest BCUT2D eigenvalue weighted by Crippen LogP contribution is 2.32. The van der Waals surface area contributed by atoms with E-state index in [1.807, 2.05) is 53.0 Å². The maximum atomic E-state index is 13.2. The molecule has 0 N–H and O–H groups in total. The van der Waals surface area contributed by atoms with Crippen LogP contribution in [-0.2, 0) is 13.5 Å². The molecule has 5 nitrogen and oxygen atoms in total. The normalized spacial score (nSPS) is 14.8. The lowest BCUT2D eigenvalue weighted by atomic mass is 9.89. The molecule has 1 amide bonds. The van der Waals surface area contributed by atoms with Crippen LogP contribution >= 0.6 is 11.6 Å². The largest absolute Gasteiger partial charge is 0.353 e. The van der Waals surface area contributed by atoms with Gasteiger partial charge in [-0.3, -0.25) is 4.79 Å². The number of unbranched alkanes of at least 4 members (excludes halogenated alkanes) is 1. The van der Waals surface area contributed by atoms with Crippen molar-refractivity contribution in [2.24, 2.45) is 7.05 Å². The number of benzene rings is 1. The van der Waals surface area contributed by atoms with E-state index in [9.17, 15) is 4.79 Å². The van der Waals surface area contributed by atoms with E-state index in [0.29, 0.717) is 5.92 Å². The Morgan fingerprint density at radius 3 is 2.51 bits per heavy atom. The van der Waals surface area contributed by atoms with Crippen LogP contribution in [0.15, 0.2) is 60.9 Å². The van der Waals surface area contributed by atoms with E-state index < -0.39 is 0 Å². The third-order valence-corrected chi connectivity index (χ3v) is 7.42. The van der Waals surface area contributed by atoms with Gasteiger partial charge in [-0.2, -0.15) is 0 Å². The Hall–Kier alpha value is -2.79. The molecule has 186 valence electrons. The van der Waals surface area contributed by atoms with Crippen molar-refractivity contribution in [1.29, 1.82) is 0 Å². The standard InChI is InChI=1S/C29H37ClN4O/c1-3-10-24(25-13-6-7-14-26(25)30)12-5-4-11-23-21-27(32(2)22-23)29(35)34-19-17-33(18-20-34)28-15-8-9-16-31-28/h6-9,13-16,21-22,24H,3-5,10-12,17-20H2,1-2H3. The summed E-state index contributed by atoms with van der Waals surface area (Å²) in [5.74, 6) is 1.63. The van der Waals surface area contributed by atoms with Gasteiger partial charge in [0.15, 0.2) is 0 Å². The first-order valence-corrected chi connectivity index (χ1v) is 13.3. The minimum Gasteiger partial charge on any atom is -0.353 e. The Morgan fingerprint density at radius 2 is 1.80 bits per heavy atom. The number of rotatable bonds is 10. The number of hydrogen-bond donors (Lipinski definition) is 0. The smallest absolute Gasteiger partial charge is 0.270 e. The van der Waals surface area contributed by atoms with Gasteiger partial charge in [0, 0.05) is 50.6 Å². The highest BCUT2D eigenvalue weighted by molar-refractivity contribution is 6.31. The molecule has 6 heteroatoms. The van der Waals surface area contributed by atoms with E-state index in [0.717, 1.165) is 74.8 Å². The van der Waals surface area contributed by atoms with Crippen LogP contribution in [0.3, 0.4) is 0 Å². The molecule has 3 heterocycles. The molecular formula is C29H37ClN4O. The molecule has 4 rings (SSSR count). The predicted octanol–water partition coefficient (Wildman–Crippen LogP) is 6.33. The van der Waals surface area contributed by atoms with Crippen LogP contribution in [-0.4, -0.2) is 46.5 Å². The van der Waals surface area contributed by atoms with Crippen molar-refractivity contribution in [3.05, 3.63) is 82.8 Å². The third-order valence-electron chi connectivity index (χ3n) is 7.07. The number of nitrogens with zero attached hydrogens (tertiary/aromatic N) is 4. The topological polar surface area (TPSA) is 41.4 Å². The lowest BCUT2D eigenvalue weighted by Gasteiger charge is -2.35. The van der Waals surface area contributed by atoms with Gasteiger partial charge in [0.05, 0.1) is 0 Å². The van der Waals surface area contributed by atoms with Gasteiger partial charge >= 0.3 is 0 Å². The molecule has 1 fully saturated rings. The lowest BCUT2D eigenvalue weighted by Crippen LogP contribution is -2.49. The molecule has 1 aliphatic heterocycles. The van der Waals surface area contributed by atoms with Crippen molar-refractivity contribution in [1.82, 2.24) is 14.5 Å². The van der Waals surface area contributed by atoms with Crippen LogP contribution < -0.4 is 4.90 Å². The zero-order valence-electron chi connectivity index (χ0n) is 21.0. The molecular weight excluding hydrogens is 456 g/mol. The Labute approximate surface area is 214 Å². The quantitative estimate of drug-likeness (QED) is 0.310. The molecule has 0 aliphatic carbocycles. The Kier molecular flexibility index (Phi) is 8.86. The van der Waals surface area contributed by atoms with Crippen LogP contribution in [0.2, 0.25) is 5.02 Å². The van der Waals surface area contributed by atoms with Crippen molar-refractivity contribution in [2.45, 2.75) is 51.4 Å². The summed E-state index contributed by atoms with van der Waals surface area (Å²) in [6.45, 7) is 5.30. The Bertz CT molecular complexity index is 1090. The van der Waals surface area contributed by atoms with Crippen LogP contribution in [0.4, 0.5) is 5.82 Å². The third kappa shape index (κ3) is 6.46. The Balaban J connectivity index is 1.27. The van der Waals surface area contributed by atoms with E-state index in [2.05, 4.69) is 41.2 Å². The summed E-state index contributed by atoms with van der Waals surface area (Å²) >= 11 is 6.47.